The number of benzene rings is 2. The third kappa shape index (κ3) is 5.09. The number of aliphatic imine (C=N–C) groups is 1. The predicted octanol–water partition coefficient (Wildman–Crippen LogP) is 5.19. The fourth-order valence-electron chi connectivity index (χ4n) is 4.24. The minimum atomic E-state index is -1.12. The van der Waals surface area contributed by atoms with Crippen LogP contribution in [0.3, 0.4) is 0 Å². The van der Waals surface area contributed by atoms with Crippen molar-refractivity contribution >= 4 is 29.2 Å². The summed E-state index contributed by atoms with van der Waals surface area (Å²) in [5.41, 5.74) is 7.60. The van der Waals surface area contributed by atoms with Gasteiger partial charge >= 0.3 is 6.03 Å². The summed E-state index contributed by atoms with van der Waals surface area (Å²) in [6.07, 6.45) is 2.95. The maximum Gasteiger partial charge on any atom is 0.329 e. The molecule has 0 radical (unpaired) electrons. The van der Waals surface area contributed by atoms with Crippen LogP contribution in [0, 0.1) is 23.3 Å². The highest BCUT2D eigenvalue weighted by molar-refractivity contribution is 6.11. The number of nitrogens with two attached hydrogens (primary N) is 1. The lowest BCUT2D eigenvalue weighted by Gasteiger charge is -2.37. The number of pyridine rings is 1. The van der Waals surface area contributed by atoms with Gasteiger partial charge in [0, 0.05) is 42.4 Å². The molecule has 1 aliphatic heterocycles. The molecule has 3 aromatic rings. The van der Waals surface area contributed by atoms with E-state index < -0.39 is 35.0 Å². The molecule has 8 nitrogen and oxygen atoms in total. The summed E-state index contributed by atoms with van der Waals surface area (Å²) >= 11 is 0. The molecule has 4 rings (SSSR count). The van der Waals surface area contributed by atoms with Gasteiger partial charge in [-0.25, -0.2) is 22.4 Å². The summed E-state index contributed by atoms with van der Waals surface area (Å²) in [6, 6.07) is 4.95. The molecule has 2 heterocycles. The number of halogens is 4. The smallest absolute Gasteiger partial charge is 0.329 e. The Morgan fingerprint density at radius 3 is 2.31 bits per heavy atom. The van der Waals surface area contributed by atoms with Crippen LogP contribution in [0.4, 0.5) is 33.7 Å². The fraction of sp³-hybridized carbons (Fsp3) is 0.222. The number of fused-ring (bicyclic) bond motifs is 1. The number of methoxy groups -OCH3 is 2. The topological polar surface area (TPSA) is 93.3 Å². The minimum Gasteiger partial charge on any atom is -0.493 e. The molecule has 0 saturated heterocycles. The first-order valence-electron chi connectivity index (χ1n) is 11.6. The van der Waals surface area contributed by atoms with Crippen molar-refractivity contribution in [2.24, 2.45) is 10.7 Å². The highest BCUT2D eigenvalue weighted by Crippen LogP contribution is 2.41. The monoisotopic (exact) mass is 543 g/mol. The maximum absolute atomic E-state index is 15.4. The maximum atomic E-state index is 15.4. The van der Waals surface area contributed by atoms with Gasteiger partial charge in [-0.05, 0) is 30.7 Å². The third-order valence-electron chi connectivity index (χ3n) is 6.15. The molecule has 2 N–H and O–H groups in total. The van der Waals surface area contributed by atoms with E-state index in [9.17, 15) is 13.6 Å². The minimum absolute atomic E-state index is 0.235. The zero-order valence-corrected chi connectivity index (χ0v) is 21.6. The first-order valence-corrected chi connectivity index (χ1v) is 11.6. The van der Waals surface area contributed by atoms with E-state index in [1.54, 1.807) is 20.0 Å². The molecule has 204 valence electrons. The Balaban J connectivity index is 1.91. The molecule has 0 atom stereocenters. The molecule has 0 spiro atoms. The van der Waals surface area contributed by atoms with Gasteiger partial charge in [-0.15, -0.1) is 0 Å². The lowest BCUT2D eigenvalue weighted by molar-refractivity contribution is 0.249. The number of rotatable bonds is 7. The second-order valence-electron chi connectivity index (χ2n) is 8.64. The van der Waals surface area contributed by atoms with Crippen molar-refractivity contribution in [2.75, 3.05) is 31.1 Å². The molecule has 1 aliphatic rings. The van der Waals surface area contributed by atoms with Crippen molar-refractivity contribution in [1.29, 1.82) is 0 Å². The highest BCUT2D eigenvalue weighted by Gasteiger charge is 2.37. The van der Waals surface area contributed by atoms with Crippen molar-refractivity contribution in [3.63, 3.8) is 0 Å². The van der Waals surface area contributed by atoms with Gasteiger partial charge in [0.25, 0.3) is 0 Å². The van der Waals surface area contributed by atoms with Crippen molar-refractivity contribution < 1.29 is 31.8 Å². The van der Waals surface area contributed by atoms with Crippen molar-refractivity contribution in [3.8, 4) is 11.5 Å². The molecule has 1 aromatic heterocycles. The number of nitrogens with zero attached hydrogens (tertiary/aromatic N) is 4. The summed E-state index contributed by atoms with van der Waals surface area (Å²) < 4.78 is 68.5. The highest BCUT2D eigenvalue weighted by atomic mass is 19.2. The molecule has 0 unspecified atom stereocenters. The average Bonchev–Trinajstić information content (AvgIpc) is 2.91. The zero-order chi connectivity index (χ0) is 28.4. The molecule has 12 heteroatoms. The van der Waals surface area contributed by atoms with Crippen LogP contribution < -0.4 is 25.0 Å². The number of ether oxygens (including phenoxy) is 2. The van der Waals surface area contributed by atoms with E-state index in [1.165, 1.54) is 37.6 Å². The number of carbonyl (C=O) groups is 1. The van der Waals surface area contributed by atoms with Gasteiger partial charge in [0.05, 0.1) is 38.7 Å². The van der Waals surface area contributed by atoms with Crippen molar-refractivity contribution in [3.05, 3.63) is 82.3 Å². The Bertz CT molecular complexity index is 1480. The number of carbonyl (C=O) groups excluding carboxylic acids is 1. The van der Waals surface area contributed by atoms with Crippen molar-refractivity contribution in [1.82, 2.24) is 4.98 Å². The number of urea groups is 1. The first-order chi connectivity index (χ1) is 18.6. The summed E-state index contributed by atoms with van der Waals surface area (Å²) in [6.45, 7) is 1.14. The lowest BCUT2D eigenvalue weighted by Crippen LogP contribution is -2.47. The third-order valence-corrected chi connectivity index (χ3v) is 6.15. The Hall–Kier alpha value is -4.61. The molecule has 0 saturated carbocycles. The quantitative estimate of drug-likeness (QED) is 0.327. The molecular weight excluding hydrogens is 518 g/mol. The SMILES string of the molecule is CN=CC(=C(C)N)c1cc2c(cn1)CN(c1c(F)c(OC)cc(OC)c1F)C(=O)N2Cc1ccc(F)c(F)c1. The molecule has 2 aromatic carbocycles. The van der Waals surface area contributed by atoms with Crippen LogP contribution in [0.1, 0.15) is 23.7 Å². The van der Waals surface area contributed by atoms with Crippen molar-refractivity contribution in [2.45, 2.75) is 20.0 Å². The van der Waals surface area contributed by atoms with Crippen LogP contribution in [0.15, 0.2) is 47.2 Å². The summed E-state index contributed by atoms with van der Waals surface area (Å²) in [4.78, 5) is 24.4. The summed E-state index contributed by atoms with van der Waals surface area (Å²) in [7, 11) is 3.94. The number of anilines is 2. The van der Waals surface area contributed by atoms with Gasteiger partial charge in [0.15, 0.2) is 34.8 Å². The average molecular weight is 544 g/mol. The molecule has 39 heavy (non-hydrogen) atoms. The number of aromatic nitrogens is 1. The number of allylic oxidation sites excluding steroid dienone is 2. The number of amides is 2. The largest absolute Gasteiger partial charge is 0.493 e. The van der Waals surface area contributed by atoms with Crippen LogP contribution in [0.25, 0.3) is 5.57 Å². The predicted molar refractivity (Wildman–Crippen MR) is 139 cm³/mol. The van der Waals surface area contributed by atoms with Crippen LogP contribution in [0.2, 0.25) is 0 Å². The summed E-state index contributed by atoms with van der Waals surface area (Å²) in [5, 5.41) is 0. The Kier molecular flexibility index (Phi) is 7.75. The number of hydrogen-bond acceptors (Lipinski definition) is 6. The van der Waals surface area contributed by atoms with Gasteiger partial charge in [0.1, 0.15) is 5.69 Å². The van der Waals surface area contributed by atoms with Crippen LogP contribution >= 0.6 is 0 Å². The standard InChI is InChI=1S/C27H25F4N5O3/c1-14(32)17(11-33-2)20-8-21-16(10-34-20)13-36(26-24(30)22(38-3)9-23(39-4)25(26)31)27(37)35(21)12-15-5-6-18(28)19(29)7-15/h5-11H,12-13,32H2,1-4H3. The van der Waals surface area contributed by atoms with Gasteiger partial charge in [-0.3, -0.25) is 19.8 Å². The zero-order valence-electron chi connectivity index (χ0n) is 21.6. The summed E-state index contributed by atoms with van der Waals surface area (Å²) in [5.74, 6) is -5.08. The molecule has 2 amide bonds. The second kappa shape index (κ2) is 11.0. The van der Waals surface area contributed by atoms with Gasteiger partial charge < -0.3 is 15.2 Å². The Morgan fingerprint density at radius 2 is 1.74 bits per heavy atom. The van der Waals surface area contributed by atoms with Crippen LogP contribution in [-0.4, -0.2) is 38.5 Å². The van der Waals surface area contributed by atoms with E-state index >= 15 is 8.78 Å². The van der Waals surface area contributed by atoms with E-state index in [0.717, 1.165) is 23.1 Å². The Labute approximate surface area is 222 Å². The van der Waals surface area contributed by atoms with Gasteiger partial charge in [0.2, 0.25) is 0 Å². The van der Waals surface area contributed by atoms with E-state index in [1.807, 2.05) is 0 Å². The van der Waals surface area contributed by atoms with E-state index in [2.05, 4.69) is 9.98 Å². The van der Waals surface area contributed by atoms with Crippen LogP contribution in [-0.2, 0) is 13.1 Å². The van der Waals surface area contributed by atoms with E-state index in [-0.39, 0.29) is 30.2 Å². The van der Waals surface area contributed by atoms with Gasteiger partial charge in [-0.1, -0.05) is 6.07 Å². The fourth-order valence-corrected chi connectivity index (χ4v) is 4.24. The first kappa shape index (κ1) is 27.4. The second-order valence-corrected chi connectivity index (χ2v) is 8.64. The normalized spacial score (nSPS) is 14.0. The number of hydrogen-bond donors (Lipinski definition) is 1. The van der Waals surface area contributed by atoms with E-state index in [0.29, 0.717) is 28.2 Å². The molecule has 0 aliphatic carbocycles. The molecule has 0 bridgehead atoms. The van der Waals surface area contributed by atoms with Crippen LogP contribution in [0.5, 0.6) is 11.5 Å². The van der Waals surface area contributed by atoms with E-state index in [4.69, 9.17) is 15.2 Å². The lowest BCUT2D eigenvalue weighted by atomic mass is 10.0. The van der Waals surface area contributed by atoms with Gasteiger partial charge in [-0.2, -0.15) is 0 Å². The molecular formula is C27H25F4N5O3. The molecule has 0 fully saturated rings. The Morgan fingerprint density at radius 1 is 1.08 bits per heavy atom.